The zero-order valence-electron chi connectivity index (χ0n) is 18.4. The number of nitrogens with zero attached hydrogens (tertiary/aromatic N) is 3. The third-order valence-corrected chi connectivity index (χ3v) is 5.66. The number of oxazole rings is 1. The van der Waals surface area contributed by atoms with Crippen LogP contribution in [0.15, 0.2) is 71.3 Å². The summed E-state index contributed by atoms with van der Waals surface area (Å²) in [7, 11) is 1.64. The van der Waals surface area contributed by atoms with E-state index in [1.54, 1.807) is 13.3 Å². The van der Waals surface area contributed by atoms with Crippen molar-refractivity contribution in [2.24, 2.45) is 0 Å². The average Bonchev–Trinajstić information content (AvgIpc) is 3.33. The van der Waals surface area contributed by atoms with E-state index in [-0.39, 0.29) is 5.91 Å². The number of carbonyl (C=O) groups excluding carboxylic acids is 1. The molecule has 1 amide bonds. The number of amides is 1. The number of aromatic nitrogens is 1. The summed E-state index contributed by atoms with van der Waals surface area (Å²) in [4.78, 5) is 21.3. The van der Waals surface area contributed by atoms with Crippen molar-refractivity contribution in [2.75, 3.05) is 39.8 Å². The summed E-state index contributed by atoms with van der Waals surface area (Å²) in [5.74, 6) is 2.19. The fourth-order valence-electron chi connectivity index (χ4n) is 3.79. The molecule has 0 atom stereocenters. The highest BCUT2D eigenvalue weighted by molar-refractivity contribution is 5.76. The molecule has 2 heterocycles. The van der Waals surface area contributed by atoms with Gasteiger partial charge in [-0.3, -0.25) is 9.69 Å². The molecule has 0 unspecified atom stereocenters. The highest BCUT2D eigenvalue weighted by Crippen LogP contribution is 2.24. The van der Waals surface area contributed by atoms with Gasteiger partial charge in [-0.1, -0.05) is 54.6 Å². The van der Waals surface area contributed by atoms with Gasteiger partial charge in [-0.25, -0.2) is 4.98 Å². The molecule has 166 valence electrons. The van der Waals surface area contributed by atoms with Gasteiger partial charge in [0.15, 0.2) is 11.7 Å². The highest BCUT2D eigenvalue weighted by Gasteiger charge is 2.20. The molecule has 1 aliphatic rings. The molecule has 0 spiro atoms. The lowest BCUT2D eigenvalue weighted by atomic mass is 10.2. The molecule has 1 aliphatic heterocycles. The van der Waals surface area contributed by atoms with Crippen LogP contribution < -0.4 is 4.74 Å². The molecule has 2 aromatic carbocycles. The van der Waals surface area contributed by atoms with Crippen LogP contribution in [-0.4, -0.2) is 60.5 Å². The smallest absolute Gasteiger partial charge is 0.223 e. The molecule has 1 saturated heterocycles. The molecular weight excluding hydrogens is 402 g/mol. The van der Waals surface area contributed by atoms with Gasteiger partial charge in [0.05, 0.1) is 13.3 Å². The van der Waals surface area contributed by atoms with E-state index in [1.165, 1.54) is 5.56 Å². The number of hydrogen-bond donors (Lipinski definition) is 0. The number of methoxy groups -OCH3 is 1. The fraction of sp³-hybridized carbons (Fsp3) is 0.308. The quantitative estimate of drug-likeness (QED) is 0.537. The predicted octanol–water partition coefficient (Wildman–Crippen LogP) is 4.14. The Morgan fingerprint density at radius 2 is 1.91 bits per heavy atom. The van der Waals surface area contributed by atoms with Crippen molar-refractivity contribution in [3.63, 3.8) is 0 Å². The summed E-state index contributed by atoms with van der Waals surface area (Å²) in [6, 6.07) is 18.0. The van der Waals surface area contributed by atoms with Crippen LogP contribution in [0.5, 0.6) is 5.75 Å². The first kappa shape index (κ1) is 21.8. The minimum Gasteiger partial charge on any atom is -0.497 e. The summed E-state index contributed by atoms with van der Waals surface area (Å²) >= 11 is 0. The first-order valence-corrected chi connectivity index (χ1v) is 11.0. The van der Waals surface area contributed by atoms with E-state index in [4.69, 9.17) is 9.15 Å². The van der Waals surface area contributed by atoms with E-state index in [0.29, 0.717) is 24.5 Å². The van der Waals surface area contributed by atoms with Crippen LogP contribution in [0.3, 0.4) is 0 Å². The monoisotopic (exact) mass is 431 g/mol. The maximum Gasteiger partial charge on any atom is 0.223 e. The van der Waals surface area contributed by atoms with Gasteiger partial charge in [0.2, 0.25) is 5.91 Å². The average molecular weight is 432 g/mol. The van der Waals surface area contributed by atoms with Gasteiger partial charge < -0.3 is 14.1 Å². The Morgan fingerprint density at radius 3 is 2.69 bits per heavy atom. The Labute approximate surface area is 189 Å². The van der Waals surface area contributed by atoms with Crippen molar-refractivity contribution >= 4 is 12.0 Å². The number of aryl methyl sites for hydroxylation is 1. The van der Waals surface area contributed by atoms with Crippen LogP contribution in [0.4, 0.5) is 0 Å². The Balaban J connectivity index is 1.21. The first-order chi connectivity index (χ1) is 15.7. The first-order valence-electron chi connectivity index (χ1n) is 11.0. The molecule has 3 aromatic rings. The summed E-state index contributed by atoms with van der Waals surface area (Å²) in [5.41, 5.74) is 2.12. The molecular formula is C26H29N3O3. The van der Waals surface area contributed by atoms with Gasteiger partial charge in [-0.05, 0) is 17.7 Å². The Hall–Kier alpha value is -3.38. The van der Waals surface area contributed by atoms with Crippen molar-refractivity contribution in [3.8, 4) is 17.1 Å². The maximum absolute atomic E-state index is 12.6. The van der Waals surface area contributed by atoms with Crippen molar-refractivity contribution < 1.29 is 13.9 Å². The normalized spacial score (nSPS) is 14.7. The van der Waals surface area contributed by atoms with Crippen LogP contribution in [0.25, 0.3) is 17.4 Å². The topological polar surface area (TPSA) is 58.8 Å². The second kappa shape index (κ2) is 10.8. The summed E-state index contributed by atoms with van der Waals surface area (Å²) in [5, 5.41) is 0. The van der Waals surface area contributed by atoms with Crippen LogP contribution in [0.1, 0.15) is 17.9 Å². The molecule has 1 aromatic heterocycles. The largest absolute Gasteiger partial charge is 0.497 e. The van der Waals surface area contributed by atoms with Crippen LogP contribution >= 0.6 is 0 Å². The maximum atomic E-state index is 12.6. The van der Waals surface area contributed by atoms with Gasteiger partial charge in [-0.15, -0.1) is 0 Å². The second-order valence-corrected chi connectivity index (χ2v) is 7.84. The summed E-state index contributed by atoms with van der Waals surface area (Å²) in [6.07, 6.45) is 6.95. The Bertz CT molecular complexity index is 1040. The third-order valence-electron chi connectivity index (χ3n) is 5.66. The molecule has 0 N–H and O–H groups in total. The van der Waals surface area contributed by atoms with E-state index in [1.807, 2.05) is 47.4 Å². The molecule has 32 heavy (non-hydrogen) atoms. The van der Waals surface area contributed by atoms with Crippen LogP contribution in [-0.2, 0) is 11.2 Å². The molecule has 0 saturated carbocycles. The van der Waals surface area contributed by atoms with E-state index >= 15 is 0 Å². The minimum atomic E-state index is 0.158. The highest BCUT2D eigenvalue weighted by atomic mass is 16.5. The molecule has 1 fully saturated rings. The molecule has 4 rings (SSSR count). The zero-order chi connectivity index (χ0) is 22.2. The predicted molar refractivity (Wildman–Crippen MR) is 125 cm³/mol. The third kappa shape index (κ3) is 5.86. The SMILES string of the molecule is COc1cccc(-c2cnc(CCC(=O)N3CCN(C/C=C/c4ccccc4)CC3)o2)c1. The lowest BCUT2D eigenvalue weighted by molar-refractivity contribution is -0.132. The van der Waals surface area contributed by atoms with Gasteiger partial charge in [0.1, 0.15) is 5.75 Å². The minimum absolute atomic E-state index is 0.158. The van der Waals surface area contributed by atoms with Crippen molar-refractivity contribution in [2.45, 2.75) is 12.8 Å². The molecule has 0 bridgehead atoms. The van der Waals surface area contributed by atoms with Crippen molar-refractivity contribution in [3.05, 3.63) is 78.3 Å². The van der Waals surface area contributed by atoms with Crippen LogP contribution in [0, 0.1) is 0 Å². The molecule has 0 aliphatic carbocycles. The van der Waals surface area contributed by atoms with E-state index in [2.05, 4.69) is 34.2 Å². The number of benzene rings is 2. The van der Waals surface area contributed by atoms with Gasteiger partial charge in [0.25, 0.3) is 0 Å². The number of hydrogen-bond acceptors (Lipinski definition) is 5. The van der Waals surface area contributed by atoms with E-state index in [0.717, 1.165) is 44.0 Å². The number of piperazine rings is 1. The van der Waals surface area contributed by atoms with Crippen molar-refractivity contribution in [1.29, 1.82) is 0 Å². The fourth-order valence-corrected chi connectivity index (χ4v) is 3.79. The molecule has 0 radical (unpaired) electrons. The van der Waals surface area contributed by atoms with E-state index in [9.17, 15) is 4.79 Å². The lowest BCUT2D eigenvalue weighted by Gasteiger charge is -2.34. The summed E-state index contributed by atoms with van der Waals surface area (Å²) < 4.78 is 11.1. The molecule has 6 nitrogen and oxygen atoms in total. The standard InChI is InChI=1S/C26H29N3O3/c1-31-23-11-5-10-22(19-23)24-20-27-25(32-24)12-13-26(30)29-17-15-28(16-18-29)14-6-9-21-7-3-2-4-8-21/h2-11,19-20H,12-18H2,1H3/b9-6+. The summed E-state index contributed by atoms with van der Waals surface area (Å²) in [6.45, 7) is 4.21. The van der Waals surface area contributed by atoms with Gasteiger partial charge in [0, 0.05) is 51.1 Å². The Kier molecular flexibility index (Phi) is 7.35. The van der Waals surface area contributed by atoms with Gasteiger partial charge >= 0.3 is 0 Å². The number of rotatable bonds is 8. The second-order valence-electron chi connectivity index (χ2n) is 7.84. The Morgan fingerprint density at radius 1 is 1.09 bits per heavy atom. The number of ether oxygens (including phenoxy) is 1. The molecule has 6 heteroatoms. The zero-order valence-corrected chi connectivity index (χ0v) is 18.4. The van der Waals surface area contributed by atoms with E-state index < -0.39 is 0 Å². The number of carbonyl (C=O) groups is 1. The van der Waals surface area contributed by atoms with Crippen molar-refractivity contribution in [1.82, 2.24) is 14.8 Å². The van der Waals surface area contributed by atoms with Crippen LogP contribution in [0.2, 0.25) is 0 Å². The lowest BCUT2D eigenvalue weighted by Crippen LogP contribution is -2.48. The van der Waals surface area contributed by atoms with Gasteiger partial charge in [-0.2, -0.15) is 0 Å².